The molecule has 0 radical (unpaired) electrons. The number of nitrogens with one attached hydrogen (secondary N) is 1. The first kappa shape index (κ1) is 12.1. The second-order valence-electron chi connectivity index (χ2n) is 2.84. The van der Waals surface area contributed by atoms with Crippen molar-refractivity contribution in [2.75, 3.05) is 5.32 Å². The van der Waals surface area contributed by atoms with Crippen LogP contribution in [-0.4, -0.2) is 16.8 Å². The number of aromatic nitrogens is 1. The zero-order chi connectivity index (χ0) is 11.6. The van der Waals surface area contributed by atoms with Gasteiger partial charge in [-0.1, -0.05) is 23.2 Å². The van der Waals surface area contributed by atoms with Crippen LogP contribution in [0.25, 0.3) is 0 Å². The molecule has 1 N–H and O–H groups in total. The van der Waals surface area contributed by atoms with E-state index in [0.717, 1.165) is 0 Å². The minimum atomic E-state index is -3.46. The van der Waals surface area contributed by atoms with Gasteiger partial charge in [0.25, 0.3) is 5.91 Å². The third-order valence-corrected chi connectivity index (χ3v) is 1.81. The molecule has 0 aliphatic carbocycles. The van der Waals surface area contributed by atoms with Gasteiger partial charge in [-0.05, 0) is 12.1 Å². The van der Waals surface area contributed by atoms with Crippen molar-refractivity contribution in [1.82, 2.24) is 4.98 Å². The Labute approximate surface area is 94.4 Å². The molecule has 0 aliphatic heterocycles. The van der Waals surface area contributed by atoms with E-state index in [2.05, 4.69) is 4.98 Å². The molecule has 0 saturated carbocycles. The number of halogens is 4. The quantitative estimate of drug-likeness (QED) is 0.825. The van der Waals surface area contributed by atoms with Crippen LogP contribution in [0.3, 0.4) is 0 Å². The molecule has 1 aromatic rings. The second-order valence-corrected chi connectivity index (χ2v) is 3.62. The highest BCUT2D eigenvalue weighted by molar-refractivity contribution is 6.33. The Hall–Kier alpha value is -0.940. The maximum Gasteiger partial charge on any atom is 0.322 e. The van der Waals surface area contributed by atoms with Crippen molar-refractivity contribution >= 4 is 34.8 Å². The Bertz CT molecular complexity index is 372. The lowest BCUT2D eigenvalue weighted by molar-refractivity contribution is -0.137. The molecule has 0 aromatic carbocycles. The average molecular weight is 255 g/mol. The summed E-state index contributed by atoms with van der Waals surface area (Å²) < 4.78 is 25.0. The Balaban J connectivity index is 2.86. The summed E-state index contributed by atoms with van der Waals surface area (Å²) >= 11 is 11.0. The number of carbonyl (C=O) groups is 1. The lowest BCUT2D eigenvalue weighted by Crippen LogP contribution is -2.31. The fourth-order valence-corrected chi connectivity index (χ4v) is 1.24. The average Bonchev–Trinajstić information content (AvgIpc) is 1.99. The van der Waals surface area contributed by atoms with Crippen LogP contribution in [0, 0.1) is 0 Å². The lowest BCUT2D eigenvalue weighted by Gasteiger charge is -2.10. The van der Waals surface area contributed by atoms with Gasteiger partial charge in [0, 0.05) is 12.6 Å². The second kappa shape index (κ2) is 4.28. The predicted molar refractivity (Wildman–Crippen MR) is 53.5 cm³/mol. The van der Waals surface area contributed by atoms with Crippen LogP contribution in [0.15, 0.2) is 12.1 Å². The topological polar surface area (TPSA) is 42.0 Å². The molecular weight excluding hydrogens is 249 g/mol. The number of pyridine rings is 1. The molecule has 82 valence electrons. The van der Waals surface area contributed by atoms with Crippen LogP contribution in [0.1, 0.15) is 6.92 Å². The minimum Gasteiger partial charge on any atom is -0.321 e. The van der Waals surface area contributed by atoms with Crippen LogP contribution < -0.4 is 5.32 Å². The Morgan fingerprint density at radius 1 is 1.40 bits per heavy atom. The summed E-state index contributed by atoms with van der Waals surface area (Å²) in [4.78, 5) is 14.5. The van der Waals surface area contributed by atoms with Crippen molar-refractivity contribution in [2.24, 2.45) is 0 Å². The van der Waals surface area contributed by atoms with Crippen LogP contribution in [0.2, 0.25) is 10.3 Å². The van der Waals surface area contributed by atoms with Gasteiger partial charge in [-0.25, -0.2) is 4.98 Å². The van der Waals surface area contributed by atoms with Gasteiger partial charge in [0.15, 0.2) is 0 Å². The van der Waals surface area contributed by atoms with E-state index in [-0.39, 0.29) is 16.0 Å². The molecule has 3 nitrogen and oxygen atoms in total. The SMILES string of the molecule is CC(F)(F)C(=O)Nc1cc(Cl)nc(Cl)c1. The highest BCUT2D eigenvalue weighted by Crippen LogP contribution is 2.21. The van der Waals surface area contributed by atoms with Gasteiger partial charge in [-0.2, -0.15) is 8.78 Å². The minimum absolute atomic E-state index is 0.0113. The van der Waals surface area contributed by atoms with Crippen LogP contribution in [0.5, 0.6) is 0 Å². The van der Waals surface area contributed by atoms with E-state index in [1.165, 1.54) is 12.1 Å². The molecule has 7 heteroatoms. The monoisotopic (exact) mass is 254 g/mol. The van der Waals surface area contributed by atoms with Gasteiger partial charge >= 0.3 is 5.92 Å². The highest BCUT2D eigenvalue weighted by Gasteiger charge is 2.32. The third-order valence-electron chi connectivity index (χ3n) is 1.42. The Kier molecular flexibility index (Phi) is 3.46. The predicted octanol–water partition coefficient (Wildman–Crippen LogP) is 2.98. The molecule has 0 saturated heterocycles. The Morgan fingerprint density at radius 2 is 1.87 bits per heavy atom. The Morgan fingerprint density at radius 3 is 2.27 bits per heavy atom. The molecule has 15 heavy (non-hydrogen) atoms. The first-order valence-electron chi connectivity index (χ1n) is 3.81. The molecule has 0 aliphatic rings. The maximum absolute atomic E-state index is 12.5. The summed E-state index contributed by atoms with van der Waals surface area (Å²) in [5, 5.41) is 1.99. The normalized spacial score (nSPS) is 11.3. The molecule has 0 atom stereocenters. The highest BCUT2D eigenvalue weighted by atomic mass is 35.5. The molecule has 0 fully saturated rings. The smallest absolute Gasteiger partial charge is 0.321 e. The summed E-state index contributed by atoms with van der Waals surface area (Å²) in [7, 11) is 0. The van der Waals surface area contributed by atoms with Gasteiger partial charge in [0.2, 0.25) is 0 Å². The van der Waals surface area contributed by atoms with Crippen molar-refractivity contribution in [2.45, 2.75) is 12.8 Å². The lowest BCUT2D eigenvalue weighted by atomic mass is 10.3. The number of amides is 1. The zero-order valence-electron chi connectivity index (χ0n) is 7.52. The standard InChI is InChI=1S/C8H6Cl2F2N2O/c1-8(11,12)7(15)13-4-2-5(9)14-6(10)3-4/h2-3H,1H3,(H,13,14,15). The number of anilines is 1. The number of rotatable bonds is 2. The molecule has 0 spiro atoms. The van der Waals surface area contributed by atoms with Crippen LogP contribution in [-0.2, 0) is 4.79 Å². The van der Waals surface area contributed by atoms with Crippen molar-refractivity contribution in [1.29, 1.82) is 0 Å². The van der Waals surface area contributed by atoms with Crippen molar-refractivity contribution in [3.8, 4) is 0 Å². The maximum atomic E-state index is 12.5. The van der Waals surface area contributed by atoms with Gasteiger partial charge in [-0.15, -0.1) is 0 Å². The number of carbonyl (C=O) groups excluding carboxylic acids is 1. The molecule has 1 heterocycles. The van der Waals surface area contributed by atoms with Gasteiger partial charge in [0.1, 0.15) is 10.3 Å². The van der Waals surface area contributed by atoms with Crippen LogP contribution in [0.4, 0.5) is 14.5 Å². The van der Waals surface area contributed by atoms with Gasteiger partial charge in [0.05, 0.1) is 0 Å². The van der Waals surface area contributed by atoms with Gasteiger partial charge in [-0.3, -0.25) is 4.79 Å². The zero-order valence-corrected chi connectivity index (χ0v) is 9.03. The van der Waals surface area contributed by atoms with Crippen molar-refractivity contribution in [3.63, 3.8) is 0 Å². The van der Waals surface area contributed by atoms with Crippen LogP contribution >= 0.6 is 23.2 Å². The van der Waals surface area contributed by atoms with E-state index in [1.54, 1.807) is 0 Å². The number of hydrogen-bond acceptors (Lipinski definition) is 2. The fourth-order valence-electron chi connectivity index (χ4n) is 0.778. The molecule has 0 bridgehead atoms. The molecular formula is C8H6Cl2F2N2O. The number of nitrogens with zero attached hydrogens (tertiary/aromatic N) is 1. The summed E-state index contributed by atoms with van der Waals surface area (Å²) in [6.07, 6.45) is 0. The number of alkyl halides is 2. The van der Waals surface area contributed by atoms with E-state index in [0.29, 0.717) is 6.92 Å². The first-order valence-corrected chi connectivity index (χ1v) is 4.57. The molecule has 1 rings (SSSR count). The van der Waals surface area contributed by atoms with Gasteiger partial charge < -0.3 is 5.32 Å². The van der Waals surface area contributed by atoms with E-state index in [4.69, 9.17) is 23.2 Å². The van der Waals surface area contributed by atoms with E-state index in [1.807, 2.05) is 5.32 Å². The summed E-state index contributed by atoms with van der Waals surface area (Å²) in [5.41, 5.74) is 0.0755. The molecule has 1 aromatic heterocycles. The van der Waals surface area contributed by atoms with E-state index in [9.17, 15) is 13.6 Å². The first-order chi connectivity index (χ1) is 6.79. The third kappa shape index (κ3) is 3.60. The largest absolute Gasteiger partial charge is 0.322 e. The fraction of sp³-hybridized carbons (Fsp3) is 0.250. The van der Waals surface area contributed by atoms with Crippen molar-refractivity contribution < 1.29 is 13.6 Å². The van der Waals surface area contributed by atoms with Crippen molar-refractivity contribution in [3.05, 3.63) is 22.4 Å². The summed E-state index contributed by atoms with van der Waals surface area (Å²) in [6, 6.07) is 2.44. The van der Waals surface area contributed by atoms with E-state index >= 15 is 0 Å². The van der Waals surface area contributed by atoms with E-state index < -0.39 is 11.8 Å². The molecule has 1 amide bonds. The summed E-state index contributed by atoms with van der Waals surface area (Å²) in [6.45, 7) is 0.493. The summed E-state index contributed by atoms with van der Waals surface area (Å²) in [5.74, 6) is -4.89. The molecule has 0 unspecified atom stereocenters. The number of hydrogen-bond donors (Lipinski definition) is 1.